The third-order valence-electron chi connectivity index (χ3n) is 3.84. The lowest BCUT2D eigenvalue weighted by atomic mass is 10.1. The van der Waals surface area contributed by atoms with E-state index in [1.165, 1.54) is 16.6 Å². The van der Waals surface area contributed by atoms with Crippen molar-refractivity contribution in [2.75, 3.05) is 6.54 Å². The van der Waals surface area contributed by atoms with E-state index in [0.717, 1.165) is 12.0 Å². The summed E-state index contributed by atoms with van der Waals surface area (Å²) in [5.74, 6) is -0.901. The number of carboxylic acids is 1. The molecular formula is C18H18N2O2. The highest BCUT2D eigenvalue weighted by atomic mass is 16.4. The van der Waals surface area contributed by atoms with Gasteiger partial charge in [0, 0.05) is 17.8 Å². The van der Waals surface area contributed by atoms with Gasteiger partial charge in [-0.3, -0.25) is 0 Å². The van der Waals surface area contributed by atoms with Crippen LogP contribution in [0.1, 0.15) is 21.6 Å². The molecule has 0 bridgehead atoms. The molecule has 0 fully saturated rings. The van der Waals surface area contributed by atoms with E-state index < -0.39 is 5.97 Å². The molecule has 3 N–H and O–H groups in total. The normalized spacial score (nSPS) is 11.0. The molecule has 0 aliphatic rings. The predicted molar refractivity (Wildman–Crippen MR) is 87.2 cm³/mol. The van der Waals surface area contributed by atoms with Crippen molar-refractivity contribution in [3.05, 3.63) is 71.4 Å². The van der Waals surface area contributed by atoms with E-state index in [1.807, 2.05) is 24.3 Å². The van der Waals surface area contributed by atoms with Gasteiger partial charge in [-0.2, -0.15) is 0 Å². The quantitative estimate of drug-likeness (QED) is 0.760. The summed E-state index contributed by atoms with van der Waals surface area (Å²) in [5.41, 5.74) is 9.48. The molecule has 1 aromatic heterocycles. The summed E-state index contributed by atoms with van der Waals surface area (Å²) in [5, 5.41) is 10.2. The van der Waals surface area contributed by atoms with Crippen LogP contribution in [0.2, 0.25) is 0 Å². The molecule has 3 rings (SSSR count). The maximum Gasteiger partial charge on any atom is 0.335 e. The number of hydrogen-bond donors (Lipinski definition) is 2. The Balaban J connectivity index is 1.98. The van der Waals surface area contributed by atoms with E-state index in [1.54, 1.807) is 12.1 Å². The van der Waals surface area contributed by atoms with E-state index >= 15 is 0 Å². The van der Waals surface area contributed by atoms with Gasteiger partial charge in [-0.1, -0.05) is 30.3 Å². The van der Waals surface area contributed by atoms with Crippen LogP contribution in [0.15, 0.2) is 54.6 Å². The molecule has 1 heterocycles. The number of nitrogens with zero attached hydrogens (tertiary/aromatic N) is 1. The minimum absolute atomic E-state index is 0.309. The zero-order valence-corrected chi connectivity index (χ0v) is 12.2. The molecule has 4 nitrogen and oxygen atoms in total. The van der Waals surface area contributed by atoms with Crippen LogP contribution in [0.5, 0.6) is 0 Å². The van der Waals surface area contributed by atoms with Crippen molar-refractivity contribution >= 4 is 16.9 Å². The van der Waals surface area contributed by atoms with Gasteiger partial charge in [-0.05, 0) is 48.2 Å². The molecular weight excluding hydrogens is 276 g/mol. The van der Waals surface area contributed by atoms with Crippen LogP contribution in [0, 0.1) is 0 Å². The Labute approximate surface area is 128 Å². The van der Waals surface area contributed by atoms with Crippen LogP contribution in [0.4, 0.5) is 0 Å². The van der Waals surface area contributed by atoms with Crippen molar-refractivity contribution in [2.45, 2.75) is 13.0 Å². The fourth-order valence-corrected chi connectivity index (χ4v) is 2.74. The zero-order chi connectivity index (χ0) is 15.5. The SMILES string of the molecule is NCCc1cc2ccccc2n1Cc1ccc(C(=O)O)cc1. The fraction of sp³-hybridized carbons (Fsp3) is 0.167. The molecule has 22 heavy (non-hydrogen) atoms. The molecule has 0 radical (unpaired) electrons. The number of rotatable bonds is 5. The Morgan fingerprint density at radius 2 is 1.82 bits per heavy atom. The monoisotopic (exact) mass is 294 g/mol. The highest BCUT2D eigenvalue weighted by molar-refractivity contribution is 5.87. The summed E-state index contributed by atoms with van der Waals surface area (Å²) in [4.78, 5) is 10.9. The van der Waals surface area contributed by atoms with Crippen LogP contribution in [-0.2, 0) is 13.0 Å². The molecule has 0 atom stereocenters. The summed E-state index contributed by atoms with van der Waals surface area (Å²) in [6.45, 7) is 1.32. The molecule has 0 aliphatic carbocycles. The third-order valence-corrected chi connectivity index (χ3v) is 3.84. The summed E-state index contributed by atoms with van der Waals surface area (Å²) in [6, 6.07) is 17.4. The first kappa shape index (κ1) is 14.4. The molecule has 3 aromatic rings. The Morgan fingerprint density at radius 1 is 1.09 bits per heavy atom. The second-order valence-corrected chi connectivity index (χ2v) is 5.32. The summed E-state index contributed by atoms with van der Waals surface area (Å²) in [6.07, 6.45) is 0.821. The molecule has 0 unspecified atom stereocenters. The van der Waals surface area contributed by atoms with Crippen LogP contribution < -0.4 is 5.73 Å². The smallest absolute Gasteiger partial charge is 0.335 e. The highest BCUT2D eigenvalue weighted by Gasteiger charge is 2.09. The van der Waals surface area contributed by atoms with Crippen molar-refractivity contribution in [2.24, 2.45) is 5.73 Å². The van der Waals surface area contributed by atoms with Crippen LogP contribution >= 0.6 is 0 Å². The predicted octanol–water partition coefficient (Wildman–Crippen LogP) is 2.89. The average molecular weight is 294 g/mol. The molecule has 4 heteroatoms. The average Bonchev–Trinajstić information content (AvgIpc) is 2.86. The van der Waals surface area contributed by atoms with E-state index in [9.17, 15) is 4.79 Å². The lowest BCUT2D eigenvalue weighted by Gasteiger charge is -2.11. The number of hydrogen-bond acceptors (Lipinski definition) is 2. The van der Waals surface area contributed by atoms with E-state index in [-0.39, 0.29) is 0 Å². The standard InChI is InChI=1S/C18H18N2O2/c19-10-9-16-11-15-3-1-2-4-17(15)20(16)12-13-5-7-14(8-6-13)18(21)22/h1-8,11H,9-10,12,19H2,(H,21,22). The highest BCUT2D eigenvalue weighted by Crippen LogP contribution is 2.21. The molecule has 0 saturated carbocycles. The minimum Gasteiger partial charge on any atom is -0.478 e. The fourth-order valence-electron chi connectivity index (χ4n) is 2.74. The number of carbonyl (C=O) groups is 1. The Kier molecular flexibility index (Phi) is 3.94. The number of carboxylic acid groups (broad SMARTS) is 1. The second-order valence-electron chi connectivity index (χ2n) is 5.32. The molecule has 2 aromatic carbocycles. The first-order valence-electron chi connectivity index (χ1n) is 7.28. The summed E-state index contributed by atoms with van der Waals surface area (Å²) >= 11 is 0. The molecule has 0 amide bonds. The zero-order valence-electron chi connectivity index (χ0n) is 12.2. The number of nitrogens with two attached hydrogens (primary N) is 1. The van der Waals surface area contributed by atoms with Crippen molar-refractivity contribution in [1.29, 1.82) is 0 Å². The van der Waals surface area contributed by atoms with Gasteiger partial charge in [0.05, 0.1) is 5.56 Å². The van der Waals surface area contributed by atoms with Crippen LogP contribution in [-0.4, -0.2) is 22.2 Å². The number of para-hydroxylation sites is 1. The topological polar surface area (TPSA) is 68.2 Å². The second kappa shape index (κ2) is 6.03. The van der Waals surface area contributed by atoms with Gasteiger partial charge in [-0.15, -0.1) is 0 Å². The van der Waals surface area contributed by atoms with Gasteiger partial charge < -0.3 is 15.4 Å². The summed E-state index contributed by atoms with van der Waals surface area (Å²) in [7, 11) is 0. The van der Waals surface area contributed by atoms with Gasteiger partial charge in [-0.25, -0.2) is 4.79 Å². The number of benzene rings is 2. The molecule has 0 aliphatic heterocycles. The number of aromatic nitrogens is 1. The van der Waals surface area contributed by atoms with Gasteiger partial charge in [0.25, 0.3) is 0 Å². The Morgan fingerprint density at radius 3 is 2.50 bits per heavy atom. The van der Waals surface area contributed by atoms with Gasteiger partial charge in [0.1, 0.15) is 0 Å². The maximum absolute atomic E-state index is 10.9. The van der Waals surface area contributed by atoms with Gasteiger partial charge in [0.2, 0.25) is 0 Å². The maximum atomic E-state index is 10.9. The Hall–Kier alpha value is -2.59. The molecule has 0 saturated heterocycles. The molecule has 0 spiro atoms. The van der Waals surface area contributed by atoms with E-state index in [0.29, 0.717) is 18.7 Å². The number of fused-ring (bicyclic) bond motifs is 1. The van der Waals surface area contributed by atoms with Gasteiger partial charge in [0.15, 0.2) is 0 Å². The third kappa shape index (κ3) is 2.73. The van der Waals surface area contributed by atoms with Gasteiger partial charge >= 0.3 is 5.97 Å². The lowest BCUT2D eigenvalue weighted by Crippen LogP contribution is -2.10. The van der Waals surface area contributed by atoms with Crippen molar-refractivity contribution in [3.63, 3.8) is 0 Å². The van der Waals surface area contributed by atoms with Crippen LogP contribution in [0.25, 0.3) is 10.9 Å². The van der Waals surface area contributed by atoms with E-state index in [2.05, 4.69) is 22.8 Å². The molecule has 112 valence electrons. The first-order valence-corrected chi connectivity index (χ1v) is 7.28. The first-order chi connectivity index (χ1) is 10.7. The van der Waals surface area contributed by atoms with Crippen molar-refractivity contribution < 1.29 is 9.90 Å². The lowest BCUT2D eigenvalue weighted by molar-refractivity contribution is 0.0697. The van der Waals surface area contributed by atoms with Crippen molar-refractivity contribution in [3.8, 4) is 0 Å². The van der Waals surface area contributed by atoms with Crippen molar-refractivity contribution in [1.82, 2.24) is 4.57 Å². The summed E-state index contributed by atoms with van der Waals surface area (Å²) < 4.78 is 2.25. The Bertz CT molecular complexity index is 804. The van der Waals surface area contributed by atoms with E-state index in [4.69, 9.17) is 10.8 Å². The van der Waals surface area contributed by atoms with Crippen LogP contribution in [0.3, 0.4) is 0 Å². The largest absolute Gasteiger partial charge is 0.478 e. The minimum atomic E-state index is -0.901. The number of aromatic carboxylic acids is 1.